The second-order valence-corrected chi connectivity index (χ2v) is 3.56. The number of carbonyl (C=O) groups is 1. The Morgan fingerprint density at radius 1 is 1.19 bits per heavy atom. The van der Waals surface area contributed by atoms with Crippen molar-refractivity contribution in [3.8, 4) is 11.1 Å². The minimum absolute atomic E-state index is 0.705. The zero-order valence-electron chi connectivity index (χ0n) is 9.18. The van der Waals surface area contributed by atoms with E-state index in [-0.39, 0.29) is 0 Å². The van der Waals surface area contributed by atoms with E-state index < -0.39 is 0 Å². The number of hydrogen-bond acceptors (Lipinski definition) is 2. The van der Waals surface area contributed by atoms with Crippen molar-refractivity contribution in [2.75, 3.05) is 0 Å². The fourth-order valence-electron chi connectivity index (χ4n) is 1.80. The molecule has 0 aliphatic carbocycles. The Morgan fingerprint density at radius 2 is 1.94 bits per heavy atom. The predicted molar refractivity (Wildman–Crippen MR) is 64.4 cm³/mol. The highest BCUT2D eigenvalue weighted by atomic mass is 16.1. The lowest BCUT2D eigenvalue weighted by atomic mass is 9.99. The van der Waals surface area contributed by atoms with Crippen molar-refractivity contribution in [1.29, 1.82) is 0 Å². The first-order valence-corrected chi connectivity index (χ1v) is 5.35. The first kappa shape index (κ1) is 10.6. The van der Waals surface area contributed by atoms with Crippen LogP contribution in [0.2, 0.25) is 0 Å². The SMILES string of the molecule is CCc1nccc(-c2ccccc2)c1C=O. The molecule has 1 aromatic heterocycles. The summed E-state index contributed by atoms with van der Waals surface area (Å²) in [7, 11) is 0. The van der Waals surface area contributed by atoms with Crippen LogP contribution in [0.15, 0.2) is 42.6 Å². The van der Waals surface area contributed by atoms with E-state index in [0.717, 1.165) is 29.5 Å². The molecule has 80 valence electrons. The van der Waals surface area contributed by atoms with Crippen molar-refractivity contribution in [1.82, 2.24) is 4.98 Å². The average Bonchev–Trinajstić information content (AvgIpc) is 2.38. The number of rotatable bonds is 3. The Balaban J connectivity index is 2.61. The van der Waals surface area contributed by atoms with Crippen molar-refractivity contribution < 1.29 is 4.79 Å². The molecule has 0 atom stereocenters. The Kier molecular flexibility index (Phi) is 3.10. The quantitative estimate of drug-likeness (QED) is 0.730. The predicted octanol–water partition coefficient (Wildman–Crippen LogP) is 3.12. The summed E-state index contributed by atoms with van der Waals surface area (Å²) in [6.45, 7) is 2.00. The maximum atomic E-state index is 11.1. The summed E-state index contributed by atoms with van der Waals surface area (Å²) in [6, 6.07) is 11.8. The first-order chi connectivity index (χ1) is 7.86. The number of benzene rings is 1. The van der Waals surface area contributed by atoms with Crippen molar-refractivity contribution >= 4 is 6.29 Å². The van der Waals surface area contributed by atoms with Crippen LogP contribution in [0.25, 0.3) is 11.1 Å². The molecule has 0 saturated heterocycles. The number of aryl methyl sites for hydroxylation is 1. The van der Waals surface area contributed by atoms with Gasteiger partial charge in [-0.3, -0.25) is 9.78 Å². The number of pyridine rings is 1. The van der Waals surface area contributed by atoms with Crippen LogP contribution in [0.4, 0.5) is 0 Å². The van der Waals surface area contributed by atoms with Crippen LogP contribution in [0, 0.1) is 0 Å². The number of nitrogens with zero attached hydrogens (tertiary/aromatic N) is 1. The third-order valence-electron chi connectivity index (χ3n) is 2.61. The highest BCUT2D eigenvalue weighted by molar-refractivity contribution is 5.88. The minimum Gasteiger partial charge on any atom is -0.298 e. The molecule has 16 heavy (non-hydrogen) atoms. The van der Waals surface area contributed by atoms with Gasteiger partial charge in [0.25, 0.3) is 0 Å². The molecular formula is C14H13NO. The molecule has 1 aromatic carbocycles. The zero-order chi connectivity index (χ0) is 11.4. The van der Waals surface area contributed by atoms with Gasteiger partial charge in [0, 0.05) is 11.8 Å². The number of hydrogen-bond donors (Lipinski definition) is 0. The van der Waals surface area contributed by atoms with Crippen LogP contribution in [0.1, 0.15) is 23.0 Å². The van der Waals surface area contributed by atoms with Gasteiger partial charge < -0.3 is 0 Å². The summed E-state index contributed by atoms with van der Waals surface area (Å²) in [5, 5.41) is 0. The van der Waals surface area contributed by atoms with Gasteiger partial charge in [-0.2, -0.15) is 0 Å². The smallest absolute Gasteiger partial charge is 0.152 e. The third-order valence-corrected chi connectivity index (χ3v) is 2.61. The maximum absolute atomic E-state index is 11.1. The molecule has 0 unspecified atom stereocenters. The van der Waals surface area contributed by atoms with Crippen molar-refractivity contribution in [2.24, 2.45) is 0 Å². The molecule has 0 saturated carbocycles. The fraction of sp³-hybridized carbons (Fsp3) is 0.143. The Bertz CT molecular complexity index is 491. The Morgan fingerprint density at radius 3 is 2.56 bits per heavy atom. The maximum Gasteiger partial charge on any atom is 0.152 e. The second-order valence-electron chi connectivity index (χ2n) is 3.56. The summed E-state index contributed by atoms with van der Waals surface area (Å²) >= 11 is 0. The summed E-state index contributed by atoms with van der Waals surface area (Å²) in [6.07, 6.45) is 3.43. The molecule has 0 bridgehead atoms. The molecule has 0 N–H and O–H groups in total. The highest BCUT2D eigenvalue weighted by Gasteiger charge is 2.08. The molecule has 0 amide bonds. The van der Waals surface area contributed by atoms with E-state index in [1.807, 2.05) is 43.3 Å². The van der Waals surface area contributed by atoms with Gasteiger partial charge in [0.15, 0.2) is 6.29 Å². The van der Waals surface area contributed by atoms with Gasteiger partial charge in [-0.1, -0.05) is 37.3 Å². The molecule has 1 heterocycles. The van der Waals surface area contributed by atoms with Gasteiger partial charge in [0.1, 0.15) is 0 Å². The van der Waals surface area contributed by atoms with Gasteiger partial charge >= 0.3 is 0 Å². The minimum atomic E-state index is 0.705. The van der Waals surface area contributed by atoms with E-state index in [4.69, 9.17) is 0 Å². The van der Waals surface area contributed by atoms with Crippen LogP contribution in [-0.2, 0) is 6.42 Å². The summed E-state index contributed by atoms with van der Waals surface area (Å²) < 4.78 is 0. The monoisotopic (exact) mass is 211 g/mol. The lowest BCUT2D eigenvalue weighted by molar-refractivity contribution is 0.112. The molecule has 2 rings (SSSR count). The van der Waals surface area contributed by atoms with Crippen molar-refractivity contribution in [3.63, 3.8) is 0 Å². The lowest BCUT2D eigenvalue weighted by Gasteiger charge is -2.07. The standard InChI is InChI=1S/C14H13NO/c1-2-14-13(10-16)12(8-9-15-14)11-6-4-3-5-7-11/h3-10H,2H2,1H3. The Hall–Kier alpha value is -1.96. The summed E-state index contributed by atoms with van der Waals surface area (Å²) in [5.74, 6) is 0. The largest absolute Gasteiger partial charge is 0.298 e. The lowest BCUT2D eigenvalue weighted by Crippen LogP contribution is -1.97. The molecule has 2 heteroatoms. The van der Waals surface area contributed by atoms with E-state index in [2.05, 4.69) is 4.98 Å². The van der Waals surface area contributed by atoms with Gasteiger partial charge in [0.05, 0.1) is 5.69 Å². The molecule has 0 fully saturated rings. The molecule has 0 spiro atoms. The highest BCUT2D eigenvalue weighted by Crippen LogP contribution is 2.23. The number of aldehydes is 1. The van der Waals surface area contributed by atoms with Gasteiger partial charge in [-0.15, -0.1) is 0 Å². The van der Waals surface area contributed by atoms with Gasteiger partial charge in [-0.05, 0) is 23.6 Å². The average molecular weight is 211 g/mol. The van der Waals surface area contributed by atoms with Crippen LogP contribution in [0.5, 0.6) is 0 Å². The van der Waals surface area contributed by atoms with E-state index in [1.165, 1.54) is 0 Å². The molecule has 0 radical (unpaired) electrons. The zero-order valence-corrected chi connectivity index (χ0v) is 9.18. The van der Waals surface area contributed by atoms with Crippen molar-refractivity contribution in [3.05, 3.63) is 53.9 Å². The van der Waals surface area contributed by atoms with Crippen LogP contribution < -0.4 is 0 Å². The van der Waals surface area contributed by atoms with Gasteiger partial charge in [-0.25, -0.2) is 0 Å². The fourth-order valence-corrected chi connectivity index (χ4v) is 1.80. The third kappa shape index (κ3) is 1.87. The van der Waals surface area contributed by atoms with E-state index in [9.17, 15) is 4.79 Å². The van der Waals surface area contributed by atoms with Crippen LogP contribution >= 0.6 is 0 Å². The molecule has 0 aliphatic rings. The molecule has 2 nitrogen and oxygen atoms in total. The summed E-state index contributed by atoms with van der Waals surface area (Å²) in [5.41, 5.74) is 3.58. The van der Waals surface area contributed by atoms with E-state index >= 15 is 0 Å². The van der Waals surface area contributed by atoms with E-state index in [1.54, 1.807) is 6.20 Å². The van der Waals surface area contributed by atoms with Crippen LogP contribution in [0.3, 0.4) is 0 Å². The normalized spacial score (nSPS) is 10.1. The molecular weight excluding hydrogens is 198 g/mol. The van der Waals surface area contributed by atoms with Crippen molar-refractivity contribution in [2.45, 2.75) is 13.3 Å². The molecule has 0 aliphatic heterocycles. The van der Waals surface area contributed by atoms with Gasteiger partial charge in [0.2, 0.25) is 0 Å². The molecule has 2 aromatic rings. The van der Waals surface area contributed by atoms with E-state index in [0.29, 0.717) is 5.56 Å². The second kappa shape index (κ2) is 4.71. The first-order valence-electron chi connectivity index (χ1n) is 5.35. The topological polar surface area (TPSA) is 30.0 Å². The number of carbonyl (C=O) groups excluding carboxylic acids is 1. The summed E-state index contributed by atoms with van der Waals surface area (Å²) in [4.78, 5) is 15.4. The number of aromatic nitrogens is 1. The Labute approximate surface area is 95.0 Å². The van der Waals surface area contributed by atoms with Crippen LogP contribution in [-0.4, -0.2) is 11.3 Å².